The number of fused-ring (bicyclic) bond motifs is 1. The number of hydrogen-bond donors (Lipinski definition) is 4. The van der Waals surface area contributed by atoms with E-state index in [9.17, 15) is 34.2 Å². The molecule has 4 N–H and O–H groups in total. The van der Waals surface area contributed by atoms with E-state index in [1.54, 1.807) is 11.1 Å². The zero-order chi connectivity index (χ0) is 33.2. The molecule has 0 saturated carbocycles. The molecule has 12 nitrogen and oxygen atoms in total. The van der Waals surface area contributed by atoms with Gasteiger partial charge >= 0.3 is 65.1 Å². The summed E-state index contributed by atoms with van der Waals surface area (Å²) in [4.78, 5) is 68.7. The van der Waals surface area contributed by atoms with Gasteiger partial charge in [-0.05, 0) is 54.4 Å². The van der Waals surface area contributed by atoms with Crippen molar-refractivity contribution in [2.75, 3.05) is 13.1 Å². The number of carbonyl (C=O) groups is 5. The number of H-pyrrole nitrogens is 1. The normalized spacial score (nSPS) is 14.8. The first-order chi connectivity index (χ1) is 22.0. The number of carboxylic acids is 2. The van der Waals surface area contributed by atoms with Crippen LogP contribution in [0.3, 0.4) is 0 Å². The molecule has 0 spiro atoms. The van der Waals surface area contributed by atoms with Crippen molar-refractivity contribution in [2.45, 2.75) is 76.9 Å². The van der Waals surface area contributed by atoms with E-state index in [4.69, 9.17) is 0 Å². The topological polar surface area (TPSA) is 187 Å². The number of amides is 4. The molecule has 14 heteroatoms. The Balaban J connectivity index is 0.00000400. The number of carbonyl (C=O) groups excluding carboxylic acids is 5. The summed E-state index contributed by atoms with van der Waals surface area (Å²) in [5, 5.41) is 32.2. The Morgan fingerprint density at radius 3 is 1.98 bits per heavy atom. The van der Waals surface area contributed by atoms with Crippen LogP contribution in [0.15, 0.2) is 54.7 Å². The number of aromatic nitrogens is 1. The minimum Gasteiger partial charge on any atom is -0.548 e. The Labute approximate surface area is 324 Å². The van der Waals surface area contributed by atoms with Crippen molar-refractivity contribution in [3.63, 3.8) is 0 Å². The van der Waals surface area contributed by atoms with Crippen LogP contribution in [-0.4, -0.2) is 70.9 Å². The number of para-hydroxylation sites is 1. The first-order valence-corrected chi connectivity index (χ1v) is 15.7. The molecule has 4 amide bonds. The number of nitrogens with one attached hydrogen (secondary N) is 4. The second-order valence-corrected chi connectivity index (χ2v) is 12.2. The largest absolute Gasteiger partial charge is 1.00 e. The summed E-state index contributed by atoms with van der Waals surface area (Å²) >= 11 is 0. The number of nitrogens with zero attached hydrogens (tertiary/aromatic N) is 1. The molecule has 0 aliphatic carbocycles. The molecule has 2 heterocycles. The minimum atomic E-state index is -1.54. The maximum atomic E-state index is 13.8. The molecule has 1 fully saturated rings. The van der Waals surface area contributed by atoms with Crippen molar-refractivity contribution in [3.8, 4) is 0 Å². The van der Waals surface area contributed by atoms with Crippen molar-refractivity contribution in [1.29, 1.82) is 0 Å². The van der Waals surface area contributed by atoms with Crippen LogP contribution in [0.1, 0.15) is 67.4 Å². The van der Waals surface area contributed by atoms with Crippen LogP contribution in [0, 0.1) is 5.92 Å². The molecule has 0 radical (unpaired) electrons. The van der Waals surface area contributed by atoms with E-state index in [2.05, 4.69) is 20.9 Å². The van der Waals surface area contributed by atoms with Gasteiger partial charge in [-0.25, -0.2) is 4.79 Å². The zero-order valence-electron chi connectivity index (χ0n) is 28.2. The van der Waals surface area contributed by atoms with E-state index in [-0.39, 0.29) is 89.5 Å². The molecule has 0 unspecified atom stereocenters. The summed E-state index contributed by atoms with van der Waals surface area (Å²) in [6.07, 6.45) is 5.79. The Hall–Kier alpha value is -2.87. The Morgan fingerprint density at radius 1 is 0.771 bits per heavy atom. The number of hydrogen-bond acceptors (Lipinski definition) is 7. The molecular weight excluding hydrogens is 636 g/mol. The van der Waals surface area contributed by atoms with Gasteiger partial charge < -0.3 is 45.6 Å². The Kier molecular flexibility index (Phi) is 17.2. The fourth-order valence-electron chi connectivity index (χ4n) is 5.70. The van der Waals surface area contributed by atoms with E-state index in [1.165, 1.54) is 24.3 Å². The Morgan fingerprint density at radius 2 is 1.38 bits per heavy atom. The molecule has 246 valence electrons. The van der Waals surface area contributed by atoms with Gasteiger partial charge in [-0.15, -0.1) is 0 Å². The van der Waals surface area contributed by atoms with Crippen LogP contribution < -0.4 is 85.3 Å². The first-order valence-electron chi connectivity index (χ1n) is 15.7. The molecular formula is C34H41N5Na2O7. The van der Waals surface area contributed by atoms with Gasteiger partial charge in [0.2, 0.25) is 11.8 Å². The van der Waals surface area contributed by atoms with Gasteiger partial charge in [0.05, 0.1) is 18.0 Å². The van der Waals surface area contributed by atoms with Gasteiger partial charge in [-0.3, -0.25) is 9.59 Å². The first kappa shape index (κ1) is 41.3. The van der Waals surface area contributed by atoms with Gasteiger partial charge in [-0.1, -0.05) is 69.2 Å². The average Bonchev–Trinajstić information content (AvgIpc) is 3.22. The number of aromatic amines is 1. The van der Waals surface area contributed by atoms with Crippen LogP contribution in [0.5, 0.6) is 0 Å². The fourth-order valence-corrected chi connectivity index (χ4v) is 5.70. The van der Waals surface area contributed by atoms with E-state index >= 15 is 0 Å². The van der Waals surface area contributed by atoms with Gasteiger partial charge in [0, 0.05) is 36.6 Å². The number of aromatic carboxylic acids is 1. The average molecular weight is 678 g/mol. The second kappa shape index (κ2) is 20.0. The van der Waals surface area contributed by atoms with Crippen molar-refractivity contribution in [2.24, 2.45) is 5.92 Å². The maximum Gasteiger partial charge on any atom is 1.00 e. The van der Waals surface area contributed by atoms with Crippen molar-refractivity contribution >= 4 is 40.7 Å². The number of urea groups is 1. The fraction of sp³-hybridized carbons (Fsp3) is 0.441. The molecule has 0 bridgehead atoms. The van der Waals surface area contributed by atoms with Gasteiger partial charge in [0.1, 0.15) is 12.1 Å². The predicted octanol–water partition coefficient (Wildman–Crippen LogP) is -4.96. The summed E-state index contributed by atoms with van der Waals surface area (Å²) in [6, 6.07) is 8.98. The van der Waals surface area contributed by atoms with E-state index < -0.39 is 41.9 Å². The molecule has 1 saturated heterocycles. The zero-order valence-corrected chi connectivity index (χ0v) is 32.2. The monoisotopic (exact) mass is 677 g/mol. The third-order valence-corrected chi connectivity index (χ3v) is 8.18. The van der Waals surface area contributed by atoms with E-state index in [1.807, 2.05) is 38.1 Å². The van der Waals surface area contributed by atoms with Crippen LogP contribution in [0.2, 0.25) is 0 Å². The molecule has 3 atom stereocenters. The molecule has 1 aromatic heterocycles. The molecule has 1 aliphatic rings. The summed E-state index contributed by atoms with van der Waals surface area (Å²) in [5.41, 5.74) is 1.94. The van der Waals surface area contributed by atoms with Crippen LogP contribution in [0.25, 0.3) is 10.9 Å². The predicted molar refractivity (Wildman–Crippen MR) is 167 cm³/mol. The third kappa shape index (κ3) is 11.9. The Bertz CT molecular complexity index is 1540. The van der Waals surface area contributed by atoms with Crippen LogP contribution >= 0.6 is 0 Å². The molecule has 2 aromatic carbocycles. The number of aliphatic carboxylic acids is 1. The van der Waals surface area contributed by atoms with E-state index in [0.717, 1.165) is 42.1 Å². The molecule has 48 heavy (non-hydrogen) atoms. The van der Waals surface area contributed by atoms with E-state index in [0.29, 0.717) is 25.1 Å². The van der Waals surface area contributed by atoms with Gasteiger partial charge in [-0.2, -0.15) is 0 Å². The summed E-state index contributed by atoms with van der Waals surface area (Å²) in [6.45, 7) is 5.07. The smallest absolute Gasteiger partial charge is 0.548 e. The quantitative estimate of drug-likeness (QED) is 0.131. The SMILES string of the molecule is CC(C)C[C@H](NC(=O)N1CCCCCC1)C(=O)N[C@H](Cc1c[nH]c2ccccc12)C(=O)N[C@H](Cc1ccc(C(=O)[O-])cc1)C(=O)[O-].[Na+].[Na+]. The third-order valence-electron chi connectivity index (χ3n) is 8.18. The molecule has 3 aromatic rings. The second-order valence-electron chi connectivity index (χ2n) is 12.2. The maximum absolute atomic E-state index is 13.8. The molecule has 4 rings (SSSR count). The van der Waals surface area contributed by atoms with Crippen molar-refractivity contribution in [1.82, 2.24) is 25.8 Å². The summed E-state index contributed by atoms with van der Waals surface area (Å²) in [7, 11) is 0. The van der Waals surface area contributed by atoms with Gasteiger partial charge in [0.15, 0.2) is 0 Å². The number of likely N-dealkylation sites (tertiary alicyclic amines) is 1. The number of rotatable bonds is 13. The van der Waals surface area contributed by atoms with Crippen molar-refractivity contribution in [3.05, 3.63) is 71.4 Å². The minimum absolute atomic E-state index is 0. The van der Waals surface area contributed by atoms with Crippen molar-refractivity contribution < 1.29 is 93.3 Å². The summed E-state index contributed by atoms with van der Waals surface area (Å²) in [5.74, 6) is -4.17. The standard InChI is InChI=1S/C34H43N5O7.2Na/c1-21(2)17-27(38-34(46)39-15-7-3-4-8-16-39)30(40)36-28(19-24-20-35-26-10-6-5-9-25(24)26)31(41)37-29(33(44)45)18-22-11-13-23(14-12-22)32(42)43;;/h5-6,9-14,20-21,27-29,35H,3-4,7-8,15-19H2,1-2H3,(H,36,40)(H,37,41)(H,38,46)(H,42,43)(H,44,45);;/q;2*+1/p-2/t27-,28+,29+;;/m0../s1. The molecule has 1 aliphatic heterocycles. The van der Waals surface area contributed by atoms with Gasteiger partial charge in [0.25, 0.3) is 0 Å². The number of carboxylic acid groups (broad SMARTS) is 2. The number of benzene rings is 2. The van der Waals surface area contributed by atoms with Crippen LogP contribution in [-0.2, 0) is 27.2 Å². The summed E-state index contributed by atoms with van der Waals surface area (Å²) < 4.78 is 0. The van der Waals surface area contributed by atoms with Crippen LogP contribution in [0.4, 0.5) is 4.79 Å².